The molecule has 1 aromatic carbocycles. The summed E-state index contributed by atoms with van der Waals surface area (Å²) in [5.74, 6) is -1.73. The number of halogens is 2. The summed E-state index contributed by atoms with van der Waals surface area (Å²) >= 11 is 0. The summed E-state index contributed by atoms with van der Waals surface area (Å²) in [5.41, 5.74) is 0. The van der Waals surface area contributed by atoms with Gasteiger partial charge in [0.2, 0.25) is 5.82 Å². The Balaban J connectivity index is 1.82. The molecule has 0 radical (unpaired) electrons. The molecule has 94 valence electrons. The molecule has 0 atom stereocenters. The highest BCUT2D eigenvalue weighted by atomic mass is 19.2. The summed E-state index contributed by atoms with van der Waals surface area (Å²) in [5, 5.41) is 3.36. The van der Waals surface area contributed by atoms with Crippen LogP contribution in [-0.4, -0.2) is 18.7 Å². The second-order valence-corrected chi connectivity index (χ2v) is 4.41. The zero-order valence-electron chi connectivity index (χ0n) is 9.88. The number of hydrogen-bond donors (Lipinski definition) is 1. The van der Waals surface area contributed by atoms with Gasteiger partial charge >= 0.3 is 0 Å². The van der Waals surface area contributed by atoms with Gasteiger partial charge in [-0.05, 0) is 37.9 Å². The first kappa shape index (κ1) is 12.3. The van der Waals surface area contributed by atoms with Gasteiger partial charge in [-0.25, -0.2) is 4.39 Å². The molecule has 2 nitrogen and oxygen atoms in total. The number of benzene rings is 1. The van der Waals surface area contributed by atoms with E-state index in [1.165, 1.54) is 12.1 Å². The molecule has 0 heterocycles. The average Bonchev–Trinajstić information content (AvgIpc) is 2.27. The molecule has 4 heteroatoms. The smallest absolute Gasteiger partial charge is 0.200 e. The van der Waals surface area contributed by atoms with Crippen LogP contribution in [0, 0.1) is 11.6 Å². The Hall–Kier alpha value is -1.16. The number of ether oxygens (including phenoxy) is 1. The van der Waals surface area contributed by atoms with E-state index in [0.717, 1.165) is 31.9 Å². The molecule has 0 unspecified atom stereocenters. The van der Waals surface area contributed by atoms with Gasteiger partial charge in [0.15, 0.2) is 11.6 Å². The first-order valence-corrected chi connectivity index (χ1v) is 6.04. The number of rotatable bonds is 5. The summed E-state index contributed by atoms with van der Waals surface area (Å²) < 4.78 is 31.7. The van der Waals surface area contributed by atoms with Crippen LogP contribution in [0.15, 0.2) is 18.2 Å². The third-order valence-electron chi connectivity index (χ3n) is 2.99. The minimum absolute atomic E-state index is 0.000608. The third-order valence-corrected chi connectivity index (χ3v) is 2.99. The second kappa shape index (κ2) is 5.45. The molecule has 1 saturated carbocycles. The van der Waals surface area contributed by atoms with E-state index < -0.39 is 11.6 Å². The molecule has 1 fully saturated rings. The molecule has 1 N–H and O–H groups in total. The van der Waals surface area contributed by atoms with Crippen LogP contribution in [0.25, 0.3) is 0 Å². The molecular formula is C13H17F2NO. The Morgan fingerprint density at radius 1 is 1.35 bits per heavy atom. The summed E-state index contributed by atoms with van der Waals surface area (Å²) in [6, 6.07) is 4.47. The Labute approximate surface area is 100.0 Å². The van der Waals surface area contributed by atoms with Crippen molar-refractivity contribution in [3.05, 3.63) is 29.8 Å². The molecule has 2 rings (SSSR count). The van der Waals surface area contributed by atoms with E-state index in [9.17, 15) is 8.78 Å². The van der Waals surface area contributed by atoms with Gasteiger partial charge in [0, 0.05) is 6.04 Å². The van der Waals surface area contributed by atoms with Crippen LogP contribution < -0.4 is 10.1 Å². The van der Waals surface area contributed by atoms with Crippen LogP contribution in [0.3, 0.4) is 0 Å². The first-order valence-electron chi connectivity index (χ1n) is 6.04. The van der Waals surface area contributed by atoms with E-state index in [-0.39, 0.29) is 11.9 Å². The maximum Gasteiger partial charge on any atom is 0.200 e. The molecule has 0 bridgehead atoms. The number of nitrogens with one attached hydrogen (secondary N) is 1. The lowest BCUT2D eigenvalue weighted by molar-refractivity contribution is 0.0804. The first-order chi connectivity index (χ1) is 8.20. The van der Waals surface area contributed by atoms with Crippen LogP contribution >= 0.6 is 0 Å². The minimum atomic E-state index is -0.891. The Morgan fingerprint density at radius 2 is 2.12 bits per heavy atom. The van der Waals surface area contributed by atoms with Crippen LogP contribution in [0.1, 0.15) is 26.2 Å². The molecule has 1 aromatic rings. The van der Waals surface area contributed by atoms with E-state index >= 15 is 0 Å². The molecule has 1 aliphatic carbocycles. The maximum absolute atomic E-state index is 13.3. The lowest BCUT2D eigenvalue weighted by atomic mass is 9.89. The highest BCUT2D eigenvalue weighted by molar-refractivity contribution is 5.25. The highest BCUT2D eigenvalue weighted by Gasteiger charge is 2.30. The van der Waals surface area contributed by atoms with Gasteiger partial charge in [0.05, 0.1) is 0 Å². The van der Waals surface area contributed by atoms with Gasteiger partial charge in [-0.15, -0.1) is 0 Å². The molecule has 1 aliphatic rings. The Kier molecular flexibility index (Phi) is 3.94. The van der Waals surface area contributed by atoms with Crippen molar-refractivity contribution in [2.45, 2.75) is 38.3 Å². The van der Waals surface area contributed by atoms with Crippen molar-refractivity contribution in [2.75, 3.05) is 6.54 Å². The second-order valence-electron chi connectivity index (χ2n) is 4.41. The fraction of sp³-hybridized carbons (Fsp3) is 0.538. The molecule has 0 spiro atoms. The van der Waals surface area contributed by atoms with Gasteiger partial charge in [-0.1, -0.05) is 13.0 Å². The van der Waals surface area contributed by atoms with Gasteiger partial charge in [-0.3, -0.25) is 0 Å². The van der Waals surface area contributed by atoms with Gasteiger partial charge < -0.3 is 10.1 Å². The van der Waals surface area contributed by atoms with Crippen LogP contribution in [0.5, 0.6) is 5.75 Å². The zero-order valence-corrected chi connectivity index (χ0v) is 9.88. The van der Waals surface area contributed by atoms with Crippen LogP contribution in [0.2, 0.25) is 0 Å². The zero-order chi connectivity index (χ0) is 12.3. The summed E-state index contributed by atoms with van der Waals surface area (Å²) in [7, 11) is 0. The summed E-state index contributed by atoms with van der Waals surface area (Å²) in [6.07, 6.45) is 2.81. The number of hydrogen-bond acceptors (Lipinski definition) is 2. The molecule has 0 amide bonds. The maximum atomic E-state index is 13.3. The van der Waals surface area contributed by atoms with Crippen LogP contribution in [-0.2, 0) is 0 Å². The predicted octanol–water partition coefficient (Wildman–Crippen LogP) is 2.87. The monoisotopic (exact) mass is 241 g/mol. The van der Waals surface area contributed by atoms with E-state index in [2.05, 4.69) is 12.2 Å². The fourth-order valence-corrected chi connectivity index (χ4v) is 1.93. The van der Waals surface area contributed by atoms with Gasteiger partial charge in [0.1, 0.15) is 6.10 Å². The van der Waals surface area contributed by atoms with E-state index in [4.69, 9.17) is 4.74 Å². The van der Waals surface area contributed by atoms with Crippen LogP contribution in [0.4, 0.5) is 8.78 Å². The standard InChI is InChI=1S/C13H17F2NO/c1-2-6-16-9-7-10(8-9)17-12-5-3-4-11(14)13(12)15/h3-5,9-10,16H,2,6-8H2,1H3. The van der Waals surface area contributed by atoms with Gasteiger partial charge in [-0.2, -0.15) is 4.39 Å². The molecular weight excluding hydrogens is 224 g/mol. The molecule has 17 heavy (non-hydrogen) atoms. The Morgan fingerprint density at radius 3 is 2.82 bits per heavy atom. The average molecular weight is 241 g/mol. The Bertz CT molecular complexity index is 378. The molecule has 0 saturated heterocycles. The normalized spacial score (nSPS) is 23.2. The highest BCUT2D eigenvalue weighted by Crippen LogP contribution is 2.28. The van der Waals surface area contributed by atoms with Crippen molar-refractivity contribution < 1.29 is 13.5 Å². The van der Waals surface area contributed by atoms with Crippen molar-refractivity contribution in [1.82, 2.24) is 5.32 Å². The molecule has 0 aromatic heterocycles. The summed E-state index contributed by atoms with van der Waals surface area (Å²) in [4.78, 5) is 0. The van der Waals surface area contributed by atoms with Crippen molar-refractivity contribution in [1.29, 1.82) is 0 Å². The largest absolute Gasteiger partial charge is 0.487 e. The van der Waals surface area contributed by atoms with Crippen molar-refractivity contribution >= 4 is 0 Å². The fourth-order valence-electron chi connectivity index (χ4n) is 1.93. The summed E-state index contributed by atoms with van der Waals surface area (Å²) in [6.45, 7) is 3.10. The third kappa shape index (κ3) is 2.94. The van der Waals surface area contributed by atoms with Gasteiger partial charge in [0.25, 0.3) is 0 Å². The van der Waals surface area contributed by atoms with Crippen molar-refractivity contribution in [2.24, 2.45) is 0 Å². The van der Waals surface area contributed by atoms with E-state index in [1.807, 2.05) is 0 Å². The molecule has 0 aliphatic heterocycles. The SMILES string of the molecule is CCCNC1CC(Oc2cccc(F)c2F)C1. The minimum Gasteiger partial charge on any atom is -0.487 e. The van der Waals surface area contributed by atoms with E-state index in [1.54, 1.807) is 0 Å². The van der Waals surface area contributed by atoms with Crippen molar-refractivity contribution in [3.8, 4) is 5.75 Å². The quantitative estimate of drug-likeness (QED) is 0.855. The topological polar surface area (TPSA) is 21.3 Å². The van der Waals surface area contributed by atoms with E-state index in [0.29, 0.717) is 6.04 Å². The van der Waals surface area contributed by atoms with Crippen molar-refractivity contribution in [3.63, 3.8) is 0 Å². The lowest BCUT2D eigenvalue weighted by Crippen LogP contribution is -2.47. The lowest BCUT2D eigenvalue weighted by Gasteiger charge is -2.36. The predicted molar refractivity (Wildman–Crippen MR) is 62.1 cm³/mol.